The number of aliphatic hydroxyl groups excluding tert-OH is 1. The summed E-state index contributed by atoms with van der Waals surface area (Å²) in [5, 5.41) is 13.5. The minimum Gasteiger partial charge on any atom is -0.463 e. The van der Waals surface area contributed by atoms with Gasteiger partial charge in [0.15, 0.2) is 6.29 Å². The van der Waals surface area contributed by atoms with E-state index < -0.39 is 6.29 Å². The molecule has 1 N–H and O–H groups in total. The van der Waals surface area contributed by atoms with Crippen molar-refractivity contribution in [2.24, 2.45) is 0 Å². The van der Waals surface area contributed by atoms with Crippen LogP contribution in [0.5, 0.6) is 5.75 Å². The van der Waals surface area contributed by atoms with E-state index in [1.807, 2.05) is 12.3 Å². The molecule has 3 nitrogen and oxygen atoms in total. The predicted molar refractivity (Wildman–Crippen MR) is 54.4 cm³/mol. The van der Waals surface area contributed by atoms with Crippen LogP contribution in [0.3, 0.4) is 0 Å². The minimum absolute atomic E-state index is 0.296. The van der Waals surface area contributed by atoms with E-state index in [2.05, 4.69) is 5.38 Å². The third-order valence-corrected chi connectivity index (χ3v) is 2.96. The lowest BCUT2D eigenvalue weighted by molar-refractivity contribution is -0.191. The normalized spacial score (nSPS) is 21.7. The zero-order valence-corrected chi connectivity index (χ0v) is 8.92. The molecule has 1 aliphatic rings. The van der Waals surface area contributed by atoms with Gasteiger partial charge < -0.3 is 14.6 Å². The molecule has 0 aromatic carbocycles. The summed E-state index contributed by atoms with van der Waals surface area (Å²) in [6.07, 6.45) is 1.33. The summed E-state index contributed by atoms with van der Waals surface area (Å²) in [4.78, 5) is 0. The zero-order valence-electron chi connectivity index (χ0n) is 8.10. The van der Waals surface area contributed by atoms with E-state index in [0.717, 1.165) is 18.6 Å². The molecule has 2 unspecified atom stereocenters. The molecular formula is C10H14O3S. The summed E-state index contributed by atoms with van der Waals surface area (Å²) in [5.74, 6) is 0.906. The Bertz CT molecular complexity index is 277. The van der Waals surface area contributed by atoms with Gasteiger partial charge in [0.1, 0.15) is 5.75 Å². The van der Waals surface area contributed by atoms with Crippen LogP contribution in [0, 0.1) is 0 Å². The van der Waals surface area contributed by atoms with E-state index in [1.54, 1.807) is 11.3 Å². The van der Waals surface area contributed by atoms with Gasteiger partial charge in [0.05, 0.1) is 0 Å². The van der Waals surface area contributed by atoms with Gasteiger partial charge in [-0.2, -0.15) is 0 Å². The molecule has 0 amide bonds. The Morgan fingerprint density at radius 2 is 2.57 bits per heavy atom. The first-order chi connectivity index (χ1) is 6.79. The quantitative estimate of drug-likeness (QED) is 0.780. The molecule has 0 radical (unpaired) electrons. The Balaban J connectivity index is 1.83. The Morgan fingerprint density at radius 1 is 1.71 bits per heavy atom. The maximum atomic E-state index is 9.43. The van der Waals surface area contributed by atoms with Gasteiger partial charge in [0, 0.05) is 17.4 Å². The van der Waals surface area contributed by atoms with Crippen molar-refractivity contribution in [1.82, 2.24) is 0 Å². The SMILES string of the molecule is CCCC(O)OC1Cc2cscc2O1. The first-order valence-electron chi connectivity index (χ1n) is 4.85. The van der Waals surface area contributed by atoms with E-state index >= 15 is 0 Å². The topological polar surface area (TPSA) is 38.7 Å². The third kappa shape index (κ3) is 2.08. The largest absolute Gasteiger partial charge is 0.463 e. The van der Waals surface area contributed by atoms with E-state index in [0.29, 0.717) is 6.42 Å². The number of ether oxygens (including phenoxy) is 2. The van der Waals surface area contributed by atoms with Crippen LogP contribution in [0.15, 0.2) is 10.8 Å². The number of rotatable bonds is 4. The minimum atomic E-state index is -0.697. The lowest BCUT2D eigenvalue weighted by Gasteiger charge is -2.16. The van der Waals surface area contributed by atoms with E-state index in [4.69, 9.17) is 9.47 Å². The van der Waals surface area contributed by atoms with Gasteiger partial charge in [-0.05, 0) is 11.8 Å². The molecule has 0 saturated heterocycles. The first-order valence-corrected chi connectivity index (χ1v) is 5.79. The number of hydrogen-bond acceptors (Lipinski definition) is 4. The van der Waals surface area contributed by atoms with Gasteiger partial charge >= 0.3 is 0 Å². The Kier molecular flexibility index (Phi) is 3.05. The first kappa shape index (κ1) is 9.96. The summed E-state index contributed by atoms with van der Waals surface area (Å²) in [6, 6.07) is 0. The zero-order chi connectivity index (χ0) is 9.97. The maximum Gasteiger partial charge on any atom is 0.206 e. The fourth-order valence-corrected chi connectivity index (χ4v) is 2.27. The molecule has 1 aromatic rings. The van der Waals surface area contributed by atoms with Gasteiger partial charge in [-0.1, -0.05) is 13.3 Å². The lowest BCUT2D eigenvalue weighted by atomic mass is 10.2. The molecule has 2 heterocycles. The van der Waals surface area contributed by atoms with Crippen molar-refractivity contribution in [3.63, 3.8) is 0 Å². The van der Waals surface area contributed by atoms with Gasteiger partial charge in [-0.3, -0.25) is 0 Å². The van der Waals surface area contributed by atoms with Crippen molar-refractivity contribution in [1.29, 1.82) is 0 Å². The highest BCUT2D eigenvalue weighted by atomic mass is 32.1. The number of aliphatic hydroxyl groups is 1. The Labute approximate surface area is 87.3 Å². The lowest BCUT2D eigenvalue weighted by Crippen LogP contribution is -2.25. The van der Waals surface area contributed by atoms with Crippen LogP contribution in [0.2, 0.25) is 0 Å². The molecule has 2 atom stereocenters. The van der Waals surface area contributed by atoms with Crippen LogP contribution in [0.1, 0.15) is 25.3 Å². The summed E-state index contributed by atoms with van der Waals surface area (Å²) in [6.45, 7) is 2.01. The highest BCUT2D eigenvalue weighted by molar-refractivity contribution is 7.08. The number of fused-ring (bicyclic) bond motifs is 1. The van der Waals surface area contributed by atoms with E-state index in [9.17, 15) is 5.11 Å². The van der Waals surface area contributed by atoms with Crippen molar-refractivity contribution in [2.45, 2.75) is 38.8 Å². The van der Waals surface area contributed by atoms with Crippen LogP contribution in [-0.2, 0) is 11.2 Å². The summed E-state index contributed by atoms with van der Waals surface area (Å²) >= 11 is 1.63. The molecule has 2 rings (SSSR count). The second-order valence-electron chi connectivity index (χ2n) is 3.39. The average molecular weight is 214 g/mol. The standard InChI is InChI=1S/C10H14O3S/c1-2-3-9(11)13-10-4-7-5-14-6-8(7)12-10/h5-6,9-11H,2-4H2,1H3. The van der Waals surface area contributed by atoms with Crippen molar-refractivity contribution in [3.05, 3.63) is 16.3 Å². The van der Waals surface area contributed by atoms with Gasteiger partial charge in [-0.25, -0.2) is 0 Å². The number of hydrogen-bond donors (Lipinski definition) is 1. The van der Waals surface area contributed by atoms with Crippen LogP contribution in [0.4, 0.5) is 0 Å². The molecule has 0 aliphatic carbocycles. The van der Waals surface area contributed by atoms with Crippen LogP contribution < -0.4 is 4.74 Å². The van der Waals surface area contributed by atoms with Crippen molar-refractivity contribution in [2.75, 3.05) is 0 Å². The van der Waals surface area contributed by atoms with Crippen LogP contribution in [-0.4, -0.2) is 17.7 Å². The van der Waals surface area contributed by atoms with Gasteiger partial charge in [0.25, 0.3) is 0 Å². The molecule has 1 aromatic heterocycles. The van der Waals surface area contributed by atoms with Gasteiger partial charge in [0.2, 0.25) is 6.29 Å². The van der Waals surface area contributed by atoms with Gasteiger partial charge in [-0.15, -0.1) is 11.3 Å². The molecule has 0 saturated carbocycles. The predicted octanol–water partition coefficient (Wildman–Crippen LogP) is 2.14. The highest BCUT2D eigenvalue weighted by Crippen LogP contribution is 2.32. The highest BCUT2D eigenvalue weighted by Gasteiger charge is 2.25. The summed E-state index contributed by atoms with van der Waals surface area (Å²) < 4.78 is 10.8. The molecule has 0 spiro atoms. The van der Waals surface area contributed by atoms with Crippen LogP contribution in [0.25, 0.3) is 0 Å². The molecule has 0 fully saturated rings. The van der Waals surface area contributed by atoms with E-state index in [1.165, 1.54) is 5.56 Å². The summed E-state index contributed by atoms with van der Waals surface area (Å²) in [5.41, 5.74) is 1.18. The summed E-state index contributed by atoms with van der Waals surface area (Å²) in [7, 11) is 0. The second kappa shape index (κ2) is 4.29. The third-order valence-electron chi connectivity index (χ3n) is 2.19. The number of thiophene rings is 1. The fraction of sp³-hybridized carbons (Fsp3) is 0.600. The van der Waals surface area contributed by atoms with Crippen LogP contribution >= 0.6 is 11.3 Å². The molecule has 1 aliphatic heterocycles. The van der Waals surface area contributed by atoms with Crippen molar-refractivity contribution in [3.8, 4) is 5.75 Å². The Morgan fingerprint density at radius 3 is 3.29 bits per heavy atom. The average Bonchev–Trinajstić information content (AvgIpc) is 2.63. The monoisotopic (exact) mass is 214 g/mol. The smallest absolute Gasteiger partial charge is 0.206 e. The molecular weight excluding hydrogens is 200 g/mol. The van der Waals surface area contributed by atoms with E-state index in [-0.39, 0.29) is 6.29 Å². The maximum absolute atomic E-state index is 9.43. The fourth-order valence-electron chi connectivity index (χ4n) is 1.49. The van der Waals surface area contributed by atoms with Crippen molar-refractivity contribution < 1.29 is 14.6 Å². The molecule has 14 heavy (non-hydrogen) atoms. The molecule has 78 valence electrons. The Hall–Kier alpha value is -0.580. The molecule has 0 bridgehead atoms. The van der Waals surface area contributed by atoms with Crippen molar-refractivity contribution >= 4 is 11.3 Å². The second-order valence-corrected chi connectivity index (χ2v) is 4.14. The molecule has 4 heteroatoms.